The molecule has 0 radical (unpaired) electrons. The minimum Gasteiger partial charge on any atom is -0.508 e. The summed E-state index contributed by atoms with van der Waals surface area (Å²) in [5, 5.41) is 37.7. The zero-order valence-electron chi connectivity index (χ0n) is 29.2. The first-order valence-corrected chi connectivity index (χ1v) is 18.4. The van der Waals surface area contributed by atoms with Crippen molar-refractivity contribution in [2.24, 2.45) is 22.9 Å². The number of ether oxygens (including phenoxy) is 2. The van der Waals surface area contributed by atoms with Crippen LogP contribution >= 0.6 is 11.8 Å². The van der Waals surface area contributed by atoms with E-state index in [1.165, 1.54) is 6.92 Å². The largest absolute Gasteiger partial charge is 0.508 e. The number of fused-ring (bicyclic) bond motifs is 2. The van der Waals surface area contributed by atoms with Gasteiger partial charge in [-0.2, -0.15) is 0 Å². The number of allylic oxidation sites excluding steroid dienone is 1. The van der Waals surface area contributed by atoms with Crippen molar-refractivity contribution in [3.05, 3.63) is 72.3 Å². The third-order valence-electron chi connectivity index (χ3n) is 9.52. The minimum absolute atomic E-state index is 0.0936. The molecule has 1 heterocycles. The van der Waals surface area contributed by atoms with Crippen molar-refractivity contribution in [3.8, 4) is 11.5 Å². The summed E-state index contributed by atoms with van der Waals surface area (Å²) < 4.78 is 14.0. The molecule has 2 aromatic rings. The molecule has 1 fully saturated rings. The van der Waals surface area contributed by atoms with Crippen molar-refractivity contribution in [3.63, 3.8) is 0 Å². The average molecular weight is 693 g/mol. The van der Waals surface area contributed by atoms with Crippen LogP contribution in [0.5, 0.6) is 11.5 Å². The van der Waals surface area contributed by atoms with E-state index in [1.807, 2.05) is 57.2 Å². The summed E-state index contributed by atoms with van der Waals surface area (Å²) in [7, 11) is 0. The van der Waals surface area contributed by atoms with Crippen molar-refractivity contribution in [1.29, 1.82) is 0 Å². The first-order chi connectivity index (χ1) is 23.5. The molecular formula is C39H52N2O7S. The number of carbonyl (C=O) groups is 1. The van der Waals surface area contributed by atoms with Crippen molar-refractivity contribution in [1.82, 2.24) is 0 Å². The highest BCUT2D eigenvalue weighted by Crippen LogP contribution is 2.63. The molecule has 1 amide bonds. The van der Waals surface area contributed by atoms with E-state index in [-0.39, 0.29) is 60.4 Å². The fourth-order valence-corrected chi connectivity index (χ4v) is 8.90. The van der Waals surface area contributed by atoms with E-state index in [2.05, 4.69) is 18.0 Å². The molecule has 4 N–H and O–H groups in total. The Kier molecular flexibility index (Phi) is 12.2. The second kappa shape index (κ2) is 16.1. The quantitative estimate of drug-likeness (QED) is 0.0855. The first kappa shape index (κ1) is 37.0. The lowest BCUT2D eigenvalue weighted by Crippen LogP contribution is -2.64. The topological polar surface area (TPSA) is 130 Å². The van der Waals surface area contributed by atoms with E-state index in [4.69, 9.17) is 19.5 Å². The molecule has 2 aliphatic carbocycles. The van der Waals surface area contributed by atoms with Crippen molar-refractivity contribution in [2.75, 3.05) is 25.1 Å². The lowest BCUT2D eigenvalue weighted by molar-refractivity contribution is -0.223. The number of thioether (sulfide) groups is 1. The summed E-state index contributed by atoms with van der Waals surface area (Å²) >= 11 is 1.65. The number of anilines is 1. The molecule has 10 heteroatoms. The maximum absolute atomic E-state index is 11.7. The van der Waals surface area contributed by atoms with Gasteiger partial charge in [-0.3, -0.25) is 4.79 Å². The molecule has 49 heavy (non-hydrogen) atoms. The van der Waals surface area contributed by atoms with Crippen LogP contribution in [0.2, 0.25) is 0 Å². The molecule has 9 nitrogen and oxygen atoms in total. The Labute approximate surface area is 294 Å². The maximum Gasteiger partial charge on any atom is 0.231 e. The van der Waals surface area contributed by atoms with E-state index < -0.39 is 11.4 Å². The van der Waals surface area contributed by atoms with Crippen molar-refractivity contribution >= 4 is 29.1 Å². The van der Waals surface area contributed by atoms with Gasteiger partial charge in [0.2, 0.25) is 11.7 Å². The molecule has 1 saturated carbocycles. The fourth-order valence-electron chi connectivity index (χ4n) is 7.61. The lowest BCUT2D eigenvalue weighted by atomic mass is 9.56. The van der Waals surface area contributed by atoms with Crippen LogP contribution in [0, 0.1) is 17.8 Å². The van der Waals surface area contributed by atoms with Gasteiger partial charge in [0.1, 0.15) is 17.1 Å². The highest BCUT2D eigenvalue weighted by molar-refractivity contribution is 8.00. The van der Waals surface area contributed by atoms with Gasteiger partial charge in [0, 0.05) is 48.6 Å². The number of aliphatic hydroxyl groups is 2. The van der Waals surface area contributed by atoms with Crippen LogP contribution in [-0.4, -0.2) is 63.4 Å². The van der Waals surface area contributed by atoms with Crippen molar-refractivity contribution in [2.45, 2.75) is 100 Å². The summed E-state index contributed by atoms with van der Waals surface area (Å²) in [6.45, 7) is 12.0. The summed E-state index contributed by atoms with van der Waals surface area (Å²) in [5.41, 5.74) is 3.04. The predicted octanol–water partition coefficient (Wildman–Crippen LogP) is 7.58. The van der Waals surface area contributed by atoms with Gasteiger partial charge in [-0.1, -0.05) is 30.1 Å². The molecule has 0 spiro atoms. The molecule has 3 aliphatic rings. The zero-order valence-corrected chi connectivity index (χ0v) is 30.0. The standard InChI is InChI=1S/C39H52N2O7S/c1-6-21-46-39-35(49-29-16-13-27(14-17-29)40-25(2)44)24-33(41-48-38(3,4)5)31-22-26(11-7-9-19-42)30(12-8-10-20-43)36(37(31)39)32-23-28(45)15-18-34(32)47-39/h6,13-18,22-23,26,30,35-37,42-43,45H,1,7-12,19-21,24H2,2-5H3,(H,40,44)/t26-,30+,35-,36+,37+,39+/m0/s1. The van der Waals surface area contributed by atoms with E-state index in [9.17, 15) is 20.1 Å². The van der Waals surface area contributed by atoms with Crippen molar-refractivity contribution < 1.29 is 34.4 Å². The molecule has 0 saturated heterocycles. The molecule has 0 unspecified atom stereocenters. The molecule has 1 aliphatic heterocycles. The highest BCUT2D eigenvalue weighted by Gasteiger charge is 2.64. The number of benzene rings is 2. The molecule has 266 valence electrons. The molecule has 6 atom stereocenters. The molecule has 0 bridgehead atoms. The van der Waals surface area contributed by atoms with Crippen LogP contribution in [0.15, 0.2) is 76.8 Å². The van der Waals surface area contributed by atoms with E-state index in [0.717, 1.165) is 59.5 Å². The van der Waals surface area contributed by atoms with Gasteiger partial charge in [0.25, 0.3) is 0 Å². The fraction of sp³-hybridized carbons (Fsp3) is 0.538. The normalized spacial score (nSPS) is 26.6. The van der Waals surface area contributed by atoms with Gasteiger partial charge in [-0.05, 0) is 106 Å². The Morgan fingerprint density at radius 3 is 2.47 bits per heavy atom. The number of aliphatic hydroxyl groups excluding tert-OH is 2. The van der Waals surface area contributed by atoms with Gasteiger partial charge < -0.3 is 34.9 Å². The minimum atomic E-state index is -1.12. The zero-order chi connectivity index (χ0) is 35.2. The number of amides is 1. The van der Waals surface area contributed by atoms with Crippen LogP contribution < -0.4 is 10.1 Å². The van der Waals surface area contributed by atoms with Crippen LogP contribution in [0.25, 0.3) is 0 Å². The van der Waals surface area contributed by atoms with Crippen LogP contribution in [-0.2, 0) is 14.4 Å². The van der Waals surface area contributed by atoms with Crippen LogP contribution in [0.3, 0.4) is 0 Å². The Hall–Kier alpha value is -3.31. The Balaban J connectivity index is 1.71. The number of nitrogens with zero attached hydrogens (tertiary/aromatic N) is 1. The Bertz CT molecular complexity index is 1520. The molecule has 0 aromatic heterocycles. The number of unbranched alkanes of at least 4 members (excludes halogenated alkanes) is 2. The molecular weight excluding hydrogens is 641 g/mol. The average Bonchev–Trinajstić information content (AvgIpc) is 3.05. The van der Waals surface area contributed by atoms with Gasteiger partial charge in [-0.15, -0.1) is 18.3 Å². The second-order valence-electron chi connectivity index (χ2n) is 14.3. The SMILES string of the molecule is C=CCO[C@@]12Oc3ccc(O)cc3[C@H]3[C@H](CCCCO)[C@@H](CCCCO)C=C(C(=NOC(C)(C)C)C[C@@H]1Sc1ccc(NC(C)=O)cc1)[C@H]32. The lowest BCUT2D eigenvalue weighted by Gasteiger charge is -2.58. The predicted molar refractivity (Wildman–Crippen MR) is 194 cm³/mol. The number of hydrogen-bond donors (Lipinski definition) is 4. The molecule has 2 aromatic carbocycles. The number of nitrogens with one attached hydrogen (secondary N) is 1. The van der Waals surface area contributed by atoms with E-state index >= 15 is 0 Å². The second-order valence-corrected chi connectivity index (χ2v) is 15.6. The van der Waals surface area contributed by atoms with E-state index in [0.29, 0.717) is 18.6 Å². The number of phenolic OH excluding ortho intramolecular Hbond substituents is 1. The summed E-state index contributed by atoms with van der Waals surface area (Å²) in [6.07, 6.45) is 9.52. The van der Waals surface area contributed by atoms with Gasteiger partial charge in [0.05, 0.1) is 23.5 Å². The smallest absolute Gasteiger partial charge is 0.231 e. The first-order valence-electron chi connectivity index (χ1n) is 17.5. The Morgan fingerprint density at radius 2 is 1.82 bits per heavy atom. The number of aromatic hydroxyl groups is 1. The third kappa shape index (κ3) is 8.53. The number of carbonyl (C=O) groups excluding carboxylic acids is 1. The molecule has 5 rings (SSSR count). The monoisotopic (exact) mass is 692 g/mol. The number of phenols is 1. The highest BCUT2D eigenvalue weighted by atomic mass is 32.2. The van der Waals surface area contributed by atoms with Gasteiger partial charge in [0.15, 0.2) is 0 Å². The van der Waals surface area contributed by atoms with Gasteiger partial charge in [-0.25, -0.2) is 0 Å². The van der Waals surface area contributed by atoms with Gasteiger partial charge >= 0.3 is 0 Å². The third-order valence-corrected chi connectivity index (χ3v) is 10.8. The summed E-state index contributed by atoms with van der Waals surface area (Å²) in [4.78, 5) is 18.8. The van der Waals surface area contributed by atoms with Crippen LogP contribution in [0.1, 0.15) is 84.1 Å². The number of rotatable bonds is 15. The number of hydrogen-bond acceptors (Lipinski definition) is 9. The summed E-state index contributed by atoms with van der Waals surface area (Å²) in [6, 6.07) is 13.1. The Morgan fingerprint density at radius 1 is 1.10 bits per heavy atom. The van der Waals surface area contributed by atoms with Crippen LogP contribution in [0.4, 0.5) is 5.69 Å². The maximum atomic E-state index is 11.7. The number of oxime groups is 1. The summed E-state index contributed by atoms with van der Waals surface area (Å²) in [5.74, 6) is -0.459. The van der Waals surface area contributed by atoms with E-state index in [1.54, 1.807) is 23.9 Å².